The van der Waals surface area contributed by atoms with Gasteiger partial charge in [-0.1, -0.05) is 42.5 Å². The molecule has 0 amide bonds. The number of rotatable bonds is 6. The summed E-state index contributed by atoms with van der Waals surface area (Å²) in [5.74, 6) is 0.842. The molecular formula is C23H31N3OS. The average Bonchev–Trinajstić information content (AvgIpc) is 2.75. The summed E-state index contributed by atoms with van der Waals surface area (Å²) in [5.41, 5.74) is 4.06. The SMILES string of the molecule is CN=C(NCc1ccc(C)cc1SC)NCC1(c2ccccc2)CCOCC1. The van der Waals surface area contributed by atoms with E-state index in [1.807, 2.05) is 7.05 Å². The van der Waals surface area contributed by atoms with E-state index < -0.39 is 0 Å². The molecule has 1 fully saturated rings. The average molecular weight is 398 g/mol. The summed E-state index contributed by atoms with van der Waals surface area (Å²) in [7, 11) is 1.83. The van der Waals surface area contributed by atoms with Crippen LogP contribution in [0.15, 0.2) is 58.4 Å². The van der Waals surface area contributed by atoms with Gasteiger partial charge in [0.15, 0.2) is 5.96 Å². The highest BCUT2D eigenvalue weighted by Gasteiger charge is 2.34. The van der Waals surface area contributed by atoms with E-state index in [0.29, 0.717) is 0 Å². The molecule has 2 aromatic rings. The van der Waals surface area contributed by atoms with Gasteiger partial charge in [-0.3, -0.25) is 4.99 Å². The monoisotopic (exact) mass is 397 g/mol. The summed E-state index contributed by atoms with van der Waals surface area (Å²) in [6.07, 6.45) is 4.17. The quantitative estimate of drug-likeness (QED) is 0.437. The van der Waals surface area contributed by atoms with E-state index in [9.17, 15) is 0 Å². The maximum atomic E-state index is 5.64. The molecule has 1 aliphatic heterocycles. The second kappa shape index (κ2) is 9.99. The first-order valence-electron chi connectivity index (χ1n) is 9.88. The van der Waals surface area contributed by atoms with Crippen LogP contribution in [0.25, 0.3) is 0 Å². The Kier molecular flexibility index (Phi) is 7.40. The highest BCUT2D eigenvalue weighted by molar-refractivity contribution is 7.98. The van der Waals surface area contributed by atoms with Gasteiger partial charge in [0.1, 0.15) is 0 Å². The lowest BCUT2D eigenvalue weighted by atomic mass is 9.74. The van der Waals surface area contributed by atoms with Gasteiger partial charge in [-0.15, -0.1) is 11.8 Å². The molecule has 3 rings (SSSR count). The lowest BCUT2D eigenvalue weighted by Crippen LogP contribution is -2.47. The van der Waals surface area contributed by atoms with Gasteiger partial charge >= 0.3 is 0 Å². The van der Waals surface area contributed by atoms with Crippen molar-refractivity contribution in [1.29, 1.82) is 0 Å². The second-order valence-corrected chi connectivity index (χ2v) is 8.20. The fourth-order valence-corrected chi connectivity index (χ4v) is 4.48. The Hall–Kier alpha value is -1.98. The van der Waals surface area contributed by atoms with Crippen molar-refractivity contribution in [1.82, 2.24) is 10.6 Å². The molecule has 0 saturated carbocycles. The van der Waals surface area contributed by atoms with Crippen molar-refractivity contribution in [3.63, 3.8) is 0 Å². The van der Waals surface area contributed by atoms with Crippen LogP contribution in [0.4, 0.5) is 0 Å². The molecule has 0 aliphatic carbocycles. The third-order valence-corrected chi connectivity index (χ3v) is 6.36. The molecule has 0 unspecified atom stereocenters. The topological polar surface area (TPSA) is 45.7 Å². The number of nitrogens with zero attached hydrogens (tertiary/aromatic N) is 1. The summed E-state index contributed by atoms with van der Waals surface area (Å²) in [6.45, 7) is 5.36. The highest BCUT2D eigenvalue weighted by atomic mass is 32.2. The van der Waals surface area contributed by atoms with Crippen molar-refractivity contribution in [3.8, 4) is 0 Å². The molecule has 28 heavy (non-hydrogen) atoms. The Balaban J connectivity index is 1.65. The first-order chi connectivity index (χ1) is 13.7. The van der Waals surface area contributed by atoms with Gasteiger partial charge in [0, 0.05) is 43.7 Å². The smallest absolute Gasteiger partial charge is 0.191 e. The summed E-state index contributed by atoms with van der Waals surface area (Å²) < 4.78 is 5.64. The Labute approximate surface area is 173 Å². The minimum atomic E-state index is 0.0887. The molecule has 4 nitrogen and oxygen atoms in total. The number of ether oxygens (including phenoxy) is 1. The van der Waals surface area contributed by atoms with Crippen LogP contribution in [0.3, 0.4) is 0 Å². The molecule has 1 heterocycles. The third-order valence-electron chi connectivity index (χ3n) is 5.54. The number of hydrogen-bond acceptors (Lipinski definition) is 3. The van der Waals surface area contributed by atoms with Crippen molar-refractivity contribution in [2.24, 2.45) is 4.99 Å². The number of benzene rings is 2. The zero-order valence-electron chi connectivity index (χ0n) is 17.1. The molecule has 2 aromatic carbocycles. The molecule has 1 saturated heterocycles. The Bertz CT molecular complexity index is 786. The molecule has 0 spiro atoms. The maximum Gasteiger partial charge on any atom is 0.191 e. The first-order valence-corrected chi connectivity index (χ1v) is 11.1. The Morgan fingerprint density at radius 2 is 1.86 bits per heavy atom. The molecule has 0 bridgehead atoms. The normalized spacial score (nSPS) is 16.6. The molecule has 0 atom stereocenters. The number of guanidine groups is 1. The van der Waals surface area contributed by atoms with Crippen LogP contribution in [0.2, 0.25) is 0 Å². The van der Waals surface area contributed by atoms with Gasteiger partial charge in [-0.25, -0.2) is 0 Å². The predicted octanol–water partition coefficient (Wildman–Crippen LogP) is 4.13. The maximum absolute atomic E-state index is 5.64. The van der Waals surface area contributed by atoms with Crippen LogP contribution in [0.1, 0.15) is 29.5 Å². The van der Waals surface area contributed by atoms with Crippen molar-refractivity contribution in [2.75, 3.05) is 33.1 Å². The molecule has 1 aliphatic rings. The van der Waals surface area contributed by atoms with E-state index >= 15 is 0 Å². The van der Waals surface area contributed by atoms with Crippen LogP contribution < -0.4 is 10.6 Å². The standard InChI is InChI=1S/C23H31N3OS/c1-18-9-10-19(21(15-18)28-3)16-25-22(24-2)26-17-23(11-13-27-14-12-23)20-7-5-4-6-8-20/h4-10,15H,11-14,16-17H2,1-3H3,(H2,24,25,26). The van der Waals surface area contributed by atoms with E-state index in [1.165, 1.54) is 21.6 Å². The minimum absolute atomic E-state index is 0.0887. The summed E-state index contributed by atoms with van der Waals surface area (Å²) in [5, 5.41) is 7.06. The first kappa shape index (κ1) is 20.7. The lowest BCUT2D eigenvalue weighted by molar-refractivity contribution is 0.0514. The van der Waals surface area contributed by atoms with Crippen molar-refractivity contribution in [3.05, 3.63) is 65.2 Å². The number of nitrogens with one attached hydrogen (secondary N) is 2. The molecular weight excluding hydrogens is 366 g/mol. The van der Waals surface area contributed by atoms with Gasteiger partial charge < -0.3 is 15.4 Å². The number of hydrogen-bond donors (Lipinski definition) is 2. The van der Waals surface area contributed by atoms with Crippen LogP contribution in [-0.4, -0.2) is 39.0 Å². The molecule has 0 radical (unpaired) electrons. The Morgan fingerprint density at radius 3 is 2.54 bits per heavy atom. The number of thioether (sulfide) groups is 1. The fourth-order valence-electron chi connectivity index (χ4n) is 3.77. The molecule has 150 valence electrons. The predicted molar refractivity (Wildman–Crippen MR) is 119 cm³/mol. The van der Waals surface area contributed by atoms with Crippen molar-refractivity contribution < 1.29 is 4.74 Å². The molecule has 2 N–H and O–H groups in total. The largest absolute Gasteiger partial charge is 0.381 e. The number of aryl methyl sites for hydroxylation is 1. The molecule has 5 heteroatoms. The van der Waals surface area contributed by atoms with E-state index in [-0.39, 0.29) is 5.41 Å². The summed E-state index contributed by atoms with van der Waals surface area (Å²) >= 11 is 1.79. The van der Waals surface area contributed by atoms with E-state index in [2.05, 4.69) is 77.3 Å². The number of aliphatic imine (C=N–C) groups is 1. The van der Waals surface area contributed by atoms with Gasteiger partial charge in [0.25, 0.3) is 0 Å². The van der Waals surface area contributed by atoms with Crippen LogP contribution in [0.5, 0.6) is 0 Å². The van der Waals surface area contributed by atoms with Crippen molar-refractivity contribution in [2.45, 2.75) is 36.6 Å². The van der Waals surface area contributed by atoms with Crippen LogP contribution >= 0.6 is 11.8 Å². The summed E-state index contributed by atoms with van der Waals surface area (Å²) in [6, 6.07) is 17.4. The highest BCUT2D eigenvalue weighted by Crippen LogP contribution is 2.34. The van der Waals surface area contributed by atoms with Gasteiger partial charge in [-0.05, 0) is 48.8 Å². The van der Waals surface area contributed by atoms with Gasteiger partial charge in [0.2, 0.25) is 0 Å². The second-order valence-electron chi connectivity index (χ2n) is 7.35. The summed E-state index contributed by atoms with van der Waals surface area (Å²) in [4.78, 5) is 5.75. The van der Waals surface area contributed by atoms with Gasteiger partial charge in [-0.2, -0.15) is 0 Å². The van der Waals surface area contributed by atoms with Gasteiger partial charge in [0.05, 0.1) is 0 Å². The lowest BCUT2D eigenvalue weighted by Gasteiger charge is -2.38. The van der Waals surface area contributed by atoms with Crippen LogP contribution in [-0.2, 0) is 16.7 Å². The molecule has 0 aromatic heterocycles. The zero-order chi connectivity index (χ0) is 19.8. The van der Waals surface area contributed by atoms with E-state index in [0.717, 1.165) is 45.1 Å². The van der Waals surface area contributed by atoms with Crippen molar-refractivity contribution >= 4 is 17.7 Å². The fraction of sp³-hybridized carbons (Fsp3) is 0.435. The Morgan fingerprint density at radius 1 is 1.11 bits per heavy atom. The van der Waals surface area contributed by atoms with E-state index in [1.54, 1.807) is 11.8 Å². The van der Waals surface area contributed by atoms with E-state index in [4.69, 9.17) is 4.74 Å². The third kappa shape index (κ3) is 5.09. The minimum Gasteiger partial charge on any atom is -0.381 e. The zero-order valence-corrected chi connectivity index (χ0v) is 17.9. The van der Waals surface area contributed by atoms with Crippen LogP contribution in [0, 0.1) is 6.92 Å².